The van der Waals surface area contributed by atoms with Gasteiger partial charge in [0.1, 0.15) is 6.61 Å². The van der Waals surface area contributed by atoms with Crippen molar-refractivity contribution in [3.8, 4) is 17.2 Å². The zero-order chi connectivity index (χ0) is 18.2. The Bertz CT molecular complexity index is 687. The van der Waals surface area contributed by atoms with Crippen LogP contribution in [0.15, 0.2) is 40.9 Å². The number of halogens is 1. The van der Waals surface area contributed by atoms with E-state index < -0.39 is 0 Å². The number of methoxy groups -OCH3 is 3. The fraction of sp³-hybridized carbons (Fsp3) is 0.316. The Balaban J connectivity index is 1.93. The summed E-state index contributed by atoms with van der Waals surface area (Å²) in [5.74, 6) is 1.42. The molecule has 0 atom stereocenters. The van der Waals surface area contributed by atoms with Crippen molar-refractivity contribution in [1.29, 1.82) is 0 Å². The van der Waals surface area contributed by atoms with E-state index in [1.54, 1.807) is 21.3 Å². The van der Waals surface area contributed by atoms with Crippen molar-refractivity contribution in [2.75, 3.05) is 21.3 Å². The summed E-state index contributed by atoms with van der Waals surface area (Å²) in [6.07, 6.45) is 0.797. The molecule has 2 aromatic carbocycles. The largest absolute Gasteiger partial charge is 0.493 e. The summed E-state index contributed by atoms with van der Waals surface area (Å²) >= 11 is 3.37. The molecular weight excluding hydrogens is 388 g/mol. The van der Waals surface area contributed by atoms with E-state index in [4.69, 9.17) is 18.9 Å². The first-order valence-corrected chi connectivity index (χ1v) is 8.55. The fourth-order valence-corrected chi connectivity index (χ4v) is 2.61. The monoisotopic (exact) mass is 408 g/mol. The van der Waals surface area contributed by atoms with Gasteiger partial charge in [-0.1, -0.05) is 28.1 Å². The standard InChI is InChI=1S/C19H21BrO5/c1-22-16-10-14(11-17(23-2)19(16)24-3)6-9-18(21)25-12-13-4-7-15(20)8-5-13/h4-5,7-8,10-11H,6,9,12H2,1-3H3. The van der Waals surface area contributed by atoms with Crippen molar-refractivity contribution in [2.45, 2.75) is 19.4 Å². The molecule has 0 fully saturated rings. The molecule has 0 amide bonds. The van der Waals surface area contributed by atoms with E-state index in [0.717, 1.165) is 15.6 Å². The van der Waals surface area contributed by atoms with Crippen LogP contribution in [0.2, 0.25) is 0 Å². The number of esters is 1. The third-order valence-electron chi connectivity index (χ3n) is 3.66. The molecule has 2 aromatic rings. The van der Waals surface area contributed by atoms with Crippen LogP contribution in [0, 0.1) is 0 Å². The maximum absolute atomic E-state index is 12.0. The van der Waals surface area contributed by atoms with Crippen LogP contribution < -0.4 is 14.2 Å². The van der Waals surface area contributed by atoms with Gasteiger partial charge in [-0.25, -0.2) is 0 Å². The maximum Gasteiger partial charge on any atom is 0.306 e. The lowest BCUT2D eigenvalue weighted by Gasteiger charge is -2.14. The molecule has 25 heavy (non-hydrogen) atoms. The van der Waals surface area contributed by atoms with Gasteiger partial charge in [-0.05, 0) is 41.8 Å². The zero-order valence-corrected chi connectivity index (χ0v) is 16.1. The molecule has 0 aliphatic heterocycles. The predicted octanol–water partition coefficient (Wildman–Crippen LogP) is 4.15. The van der Waals surface area contributed by atoms with Crippen molar-refractivity contribution >= 4 is 21.9 Å². The minimum Gasteiger partial charge on any atom is -0.493 e. The molecule has 0 bridgehead atoms. The molecule has 0 aliphatic carbocycles. The molecule has 0 heterocycles. The molecule has 0 spiro atoms. The van der Waals surface area contributed by atoms with Crippen molar-refractivity contribution in [2.24, 2.45) is 0 Å². The van der Waals surface area contributed by atoms with Gasteiger partial charge in [0.25, 0.3) is 0 Å². The lowest BCUT2D eigenvalue weighted by atomic mass is 10.1. The lowest BCUT2D eigenvalue weighted by Crippen LogP contribution is -2.06. The molecule has 0 saturated heterocycles. The first kappa shape index (κ1) is 19.1. The second kappa shape index (κ2) is 9.32. The topological polar surface area (TPSA) is 54.0 Å². The first-order chi connectivity index (χ1) is 12.1. The van der Waals surface area contributed by atoms with Gasteiger partial charge in [0.15, 0.2) is 11.5 Å². The van der Waals surface area contributed by atoms with E-state index in [2.05, 4.69) is 15.9 Å². The number of hydrogen-bond acceptors (Lipinski definition) is 5. The normalized spacial score (nSPS) is 10.2. The number of aryl methyl sites for hydroxylation is 1. The van der Waals surface area contributed by atoms with E-state index in [9.17, 15) is 4.79 Å². The van der Waals surface area contributed by atoms with Crippen LogP contribution >= 0.6 is 15.9 Å². The Morgan fingerprint density at radius 1 is 0.920 bits per heavy atom. The summed E-state index contributed by atoms with van der Waals surface area (Å²) in [6, 6.07) is 11.3. The minimum atomic E-state index is -0.253. The highest BCUT2D eigenvalue weighted by atomic mass is 79.9. The Hall–Kier alpha value is -2.21. The van der Waals surface area contributed by atoms with Gasteiger partial charge in [-0.2, -0.15) is 0 Å². The van der Waals surface area contributed by atoms with Crippen molar-refractivity contribution < 1.29 is 23.7 Å². The van der Waals surface area contributed by atoms with Gasteiger partial charge >= 0.3 is 5.97 Å². The van der Waals surface area contributed by atoms with Gasteiger partial charge in [0, 0.05) is 10.9 Å². The average Bonchev–Trinajstić information content (AvgIpc) is 2.64. The van der Waals surface area contributed by atoms with Crippen LogP contribution in [0.3, 0.4) is 0 Å². The van der Waals surface area contributed by atoms with Crippen LogP contribution in [0.5, 0.6) is 17.2 Å². The van der Waals surface area contributed by atoms with Crippen LogP contribution in [0.1, 0.15) is 17.5 Å². The second-order valence-corrected chi connectivity index (χ2v) is 6.24. The molecule has 0 unspecified atom stereocenters. The summed E-state index contributed by atoms with van der Waals surface area (Å²) in [4.78, 5) is 12.0. The lowest BCUT2D eigenvalue weighted by molar-refractivity contribution is -0.144. The van der Waals surface area contributed by atoms with Crippen LogP contribution in [-0.2, 0) is 22.6 Å². The molecule has 0 radical (unpaired) electrons. The van der Waals surface area contributed by atoms with E-state index in [-0.39, 0.29) is 19.0 Å². The SMILES string of the molecule is COc1cc(CCC(=O)OCc2ccc(Br)cc2)cc(OC)c1OC. The highest BCUT2D eigenvalue weighted by Gasteiger charge is 2.14. The number of ether oxygens (including phenoxy) is 4. The first-order valence-electron chi connectivity index (χ1n) is 7.76. The van der Waals surface area contributed by atoms with Crippen LogP contribution in [0.4, 0.5) is 0 Å². The summed E-state index contributed by atoms with van der Waals surface area (Å²) < 4.78 is 22.2. The number of rotatable bonds is 8. The molecule has 0 aromatic heterocycles. The van der Waals surface area contributed by atoms with Crippen molar-refractivity contribution in [1.82, 2.24) is 0 Å². The third-order valence-corrected chi connectivity index (χ3v) is 4.18. The van der Waals surface area contributed by atoms with Crippen molar-refractivity contribution in [3.63, 3.8) is 0 Å². The molecule has 0 aliphatic rings. The Morgan fingerprint density at radius 3 is 2.04 bits per heavy atom. The second-order valence-electron chi connectivity index (χ2n) is 5.32. The molecular formula is C19H21BrO5. The highest BCUT2D eigenvalue weighted by molar-refractivity contribution is 9.10. The zero-order valence-electron chi connectivity index (χ0n) is 14.5. The number of benzene rings is 2. The maximum atomic E-state index is 12.0. The molecule has 0 N–H and O–H groups in total. The molecule has 134 valence electrons. The fourth-order valence-electron chi connectivity index (χ4n) is 2.34. The minimum absolute atomic E-state index is 0.253. The van der Waals surface area contributed by atoms with Crippen molar-refractivity contribution in [3.05, 3.63) is 52.0 Å². The smallest absolute Gasteiger partial charge is 0.306 e. The van der Waals surface area contributed by atoms with Crippen LogP contribution in [-0.4, -0.2) is 27.3 Å². The number of carbonyl (C=O) groups excluding carboxylic acids is 1. The summed E-state index contributed by atoms with van der Waals surface area (Å²) in [5, 5.41) is 0. The summed E-state index contributed by atoms with van der Waals surface area (Å²) in [6.45, 7) is 0.265. The van der Waals surface area contributed by atoms with E-state index in [0.29, 0.717) is 23.7 Å². The van der Waals surface area contributed by atoms with E-state index >= 15 is 0 Å². The van der Waals surface area contributed by atoms with Gasteiger partial charge in [-0.15, -0.1) is 0 Å². The number of hydrogen-bond donors (Lipinski definition) is 0. The van der Waals surface area contributed by atoms with E-state index in [1.165, 1.54) is 0 Å². The van der Waals surface area contributed by atoms with Crippen LogP contribution in [0.25, 0.3) is 0 Å². The van der Waals surface area contributed by atoms with Gasteiger partial charge < -0.3 is 18.9 Å². The number of carbonyl (C=O) groups is 1. The van der Waals surface area contributed by atoms with Gasteiger partial charge in [0.2, 0.25) is 5.75 Å². The highest BCUT2D eigenvalue weighted by Crippen LogP contribution is 2.38. The third kappa shape index (κ3) is 5.39. The summed E-state index contributed by atoms with van der Waals surface area (Å²) in [7, 11) is 4.68. The predicted molar refractivity (Wildman–Crippen MR) is 98.4 cm³/mol. The Kier molecular flexibility index (Phi) is 7.13. The quantitative estimate of drug-likeness (QED) is 0.614. The molecule has 5 nitrogen and oxygen atoms in total. The molecule has 2 rings (SSSR count). The Labute approximate surface area is 156 Å². The van der Waals surface area contributed by atoms with Gasteiger partial charge in [0.05, 0.1) is 21.3 Å². The molecule has 0 saturated carbocycles. The Morgan fingerprint density at radius 2 is 1.52 bits per heavy atom. The average molecular weight is 409 g/mol. The summed E-state index contributed by atoms with van der Waals surface area (Å²) in [5.41, 5.74) is 1.86. The molecule has 6 heteroatoms. The van der Waals surface area contributed by atoms with Gasteiger partial charge in [-0.3, -0.25) is 4.79 Å². The van der Waals surface area contributed by atoms with E-state index in [1.807, 2.05) is 36.4 Å².